The number of hydrogen-bond acceptors (Lipinski definition) is 4. The quantitative estimate of drug-likeness (QED) is 0.823. The molecule has 0 aliphatic carbocycles. The summed E-state index contributed by atoms with van der Waals surface area (Å²) in [6, 6.07) is 10.4. The molecule has 2 atom stereocenters. The van der Waals surface area contributed by atoms with Crippen molar-refractivity contribution >= 4 is 5.91 Å². The van der Waals surface area contributed by atoms with E-state index in [9.17, 15) is 4.79 Å². The zero-order chi connectivity index (χ0) is 16.1. The van der Waals surface area contributed by atoms with Crippen molar-refractivity contribution in [2.75, 3.05) is 46.5 Å². The van der Waals surface area contributed by atoms with Gasteiger partial charge in [-0.25, -0.2) is 0 Å². The molecule has 0 N–H and O–H groups in total. The first-order valence-electron chi connectivity index (χ1n) is 8.42. The van der Waals surface area contributed by atoms with E-state index in [-0.39, 0.29) is 12.0 Å². The lowest BCUT2D eigenvalue weighted by Gasteiger charge is -2.34. The van der Waals surface area contributed by atoms with Crippen molar-refractivity contribution < 1.29 is 14.3 Å². The number of amides is 1. The average molecular weight is 318 g/mol. The number of likely N-dealkylation sites (tertiary alicyclic amines) is 1. The highest BCUT2D eigenvalue weighted by molar-refractivity contribution is 5.81. The number of nitrogens with zero attached hydrogens (tertiary/aromatic N) is 2. The summed E-state index contributed by atoms with van der Waals surface area (Å²) in [5.74, 6) is 0.606. The second-order valence-corrected chi connectivity index (χ2v) is 6.47. The molecule has 1 amide bonds. The van der Waals surface area contributed by atoms with Gasteiger partial charge in [0.05, 0.1) is 13.2 Å². The molecule has 2 fully saturated rings. The zero-order valence-electron chi connectivity index (χ0n) is 13.8. The van der Waals surface area contributed by atoms with Gasteiger partial charge < -0.3 is 14.4 Å². The van der Waals surface area contributed by atoms with Gasteiger partial charge in [0.15, 0.2) is 0 Å². The number of rotatable bonds is 5. The Bertz CT molecular complexity index is 508. The minimum Gasteiger partial charge on any atom is -0.384 e. The molecule has 0 aromatic heterocycles. The molecule has 23 heavy (non-hydrogen) atoms. The van der Waals surface area contributed by atoms with Gasteiger partial charge in [0.25, 0.3) is 5.91 Å². The van der Waals surface area contributed by atoms with Gasteiger partial charge in [-0.15, -0.1) is 0 Å². The highest BCUT2D eigenvalue weighted by atomic mass is 16.5. The highest BCUT2D eigenvalue weighted by Gasteiger charge is 2.34. The maximum absolute atomic E-state index is 12.7. The van der Waals surface area contributed by atoms with Crippen molar-refractivity contribution in [1.82, 2.24) is 9.80 Å². The van der Waals surface area contributed by atoms with Crippen LogP contribution in [0.3, 0.4) is 0 Å². The van der Waals surface area contributed by atoms with Crippen LogP contribution >= 0.6 is 0 Å². The third-order valence-corrected chi connectivity index (χ3v) is 4.67. The number of morpholine rings is 1. The lowest BCUT2D eigenvalue weighted by Crippen LogP contribution is -2.50. The van der Waals surface area contributed by atoms with Crippen molar-refractivity contribution in [3.05, 3.63) is 35.9 Å². The molecule has 1 aromatic carbocycles. The van der Waals surface area contributed by atoms with Crippen molar-refractivity contribution in [3.63, 3.8) is 0 Å². The molecule has 2 heterocycles. The van der Waals surface area contributed by atoms with Crippen LogP contribution in [0, 0.1) is 5.92 Å². The Morgan fingerprint density at radius 2 is 2.09 bits per heavy atom. The van der Waals surface area contributed by atoms with E-state index in [1.807, 2.05) is 11.0 Å². The van der Waals surface area contributed by atoms with Crippen LogP contribution in [-0.4, -0.2) is 68.3 Å². The molecule has 2 aliphatic rings. The molecular weight excluding hydrogens is 292 g/mol. The first kappa shape index (κ1) is 16.4. The SMILES string of the molecule is COC[C@@H]1CCN(C(=O)[C@H]2CN(Cc3ccccc3)CCO2)C1. The fraction of sp³-hybridized carbons (Fsp3) is 0.611. The van der Waals surface area contributed by atoms with E-state index in [1.165, 1.54) is 5.56 Å². The summed E-state index contributed by atoms with van der Waals surface area (Å²) >= 11 is 0. The number of carbonyl (C=O) groups is 1. The van der Waals surface area contributed by atoms with Crippen LogP contribution in [0.4, 0.5) is 0 Å². The zero-order valence-corrected chi connectivity index (χ0v) is 13.8. The summed E-state index contributed by atoms with van der Waals surface area (Å²) in [5, 5.41) is 0. The standard InChI is InChI=1S/C18H26N2O3/c1-22-14-16-7-8-20(12-16)18(21)17-13-19(9-10-23-17)11-15-5-3-2-4-6-15/h2-6,16-17H,7-14H2,1H3/t16-,17-/m1/s1. The fourth-order valence-electron chi connectivity index (χ4n) is 3.45. The van der Waals surface area contributed by atoms with E-state index in [2.05, 4.69) is 29.2 Å². The van der Waals surface area contributed by atoms with Gasteiger partial charge in [0, 0.05) is 45.8 Å². The van der Waals surface area contributed by atoms with Crippen LogP contribution in [-0.2, 0) is 20.8 Å². The van der Waals surface area contributed by atoms with Crippen LogP contribution < -0.4 is 0 Å². The molecule has 5 heteroatoms. The average Bonchev–Trinajstić information content (AvgIpc) is 3.04. The molecule has 0 unspecified atom stereocenters. The van der Waals surface area contributed by atoms with Crippen LogP contribution in [0.2, 0.25) is 0 Å². The summed E-state index contributed by atoms with van der Waals surface area (Å²) in [5.41, 5.74) is 1.28. The Kier molecular flexibility index (Phi) is 5.65. The van der Waals surface area contributed by atoms with Gasteiger partial charge in [-0.3, -0.25) is 9.69 Å². The van der Waals surface area contributed by atoms with Crippen LogP contribution in [0.25, 0.3) is 0 Å². The van der Waals surface area contributed by atoms with Gasteiger partial charge in [-0.1, -0.05) is 30.3 Å². The summed E-state index contributed by atoms with van der Waals surface area (Å²) in [6.45, 7) is 5.41. The Morgan fingerprint density at radius 1 is 1.26 bits per heavy atom. The molecule has 0 saturated carbocycles. The summed E-state index contributed by atoms with van der Waals surface area (Å²) in [7, 11) is 1.72. The Morgan fingerprint density at radius 3 is 2.87 bits per heavy atom. The van der Waals surface area contributed by atoms with Crippen molar-refractivity contribution in [1.29, 1.82) is 0 Å². The minimum absolute atomic E-state index is 0.140. The highest BCUT2D eigenvalue weighted by Crippen LogP contribution is 2.19. The number of benzene rings is 1. The lowest BCUT2D eigenvalue weighted by molar-refractivity contribution is -0.148. The second kappa shape index (κ2) is 7.90. The topological polar surface area (TPSA) is 42.0 Å². The molecule has 3 rings (SSSR count). The first-order valence-corrected chi connectivity index (χ1v) is 8.42. The number of ether oxygens (including phenoxy) is 2. The maximum atomic E-state index is 12.7. The second-order valence-electron chi connectivity index (χ2n) is 6.47. The molecule has 0 radical (unpaired) electrons. The number of carbonyl (C=O) groups excluding carboxylic acids is 1. The minimum atomic E-state index is -0.325. The summed E-state index contributed by atoms with van der Waals surface area (Å²) in [4.78, 5) is 16.9. The van der Waals surface area contributed by atoms with E-state index in [0.717, 1.165) is 39.2 Å². The summed E-state index contributed by atoms with van der Waals surface area (Å²) < 4.78 is 11.0. The van der Waals surface area contributed by atoms with Gasteiger partial charge in [0.1, 0.15) is 6.10 Å². The monoisotopic (exact) mass is 318 g/mol. The van der Waals surface area contributed by atoms with E-state index in [4.69, 9.17) is 9.47 Å². The Balaban J connectivity index is 1.53. The molecule has 2 aliphatic heterocycles. The maximum Gasteiger partial charge on any atom is 0.253 e. The molecule has 2 saturated heterocycles. The van der Waals surface area contributed by atoms with Gasteiger partial charge in [0.2, 0.25) is 0 Å². The van der Waals surface area contributed by atoms with Crippen molar-refractivity contribution in [2.45, 2.75) is 19.1 Å². The molecule has 5 nitrogen and oxygen atoms in total. The third-order valence-electron chi connectivity index (χ3n) is 4.67. The van der Waals surface area contributed by atoms with Crippen molar-refractivity contribution in [3.8, 4) is 0 Å². The number of hydrogen-bond donors (Lipinski definition) is 0. The Hall–Kier alpha value is -1.43. The molecule has 0 bridgehead atoms. The van der Waals surface area contributed by atoms with E-state index in [1.54, 1.807) is 7.11 Å². The molecule has 126 valence electrons. The summed E-state index contributed by atoms with van der Waals surface area (Å²) in [6.07, 6.45) is 0.703. The van der Waals surface area contributed by atoms with Crippen LogP contribution in [0.5, 0.6) is 0 Å². The Labute approximate surface area is 138 Å². The predicted molar refractivity (Wildman–Crippen MR) is 88.0 cm³/mol. The molecule has 0 spiro atoms. The predicted octanol–water partition coefficient (Wildman–Crippen LogP) is 1.38. The van der Waals surface area contributed by atoms with Gasteiger partial charge >= 0.3 is 0 Å². The third kappa shape index (κ3) is 4.31. The fourth-order valence-corrected chi connectivity index (χ4v) is 3.45. The molecule has 1 aromatic rings. The van der Waals surface area contributed by atoms with Gasteiger partial charge in [-0.2, -0.15) is 0 Å². The van der Waals surface area contributed by atoms with Crippen molar-refractivity contribution in [2.24, 2.45) is 5.92 Å². The van der Waals surface area contributed by atoms with Crippen LogP contribution in [0.15, 0.2) is 30.3 Å². The van der Waals surface area contributed by atoms with E-state index < -0.39 is 0 Å². The molecular formula is C18H26N2O3. The van der Waals surface area contributed by atoms with E-state index in [0.29, 0.717) is 19.1 Å². The first-order chi connectivity index (χ1) is 11.3. The largest absolute Gasteiger partial charge is 0.384 e. The lowest BCUT2D eigenvalue weighted by atomic mass is 10.1. The van der Waals surface area contributed by atoms with E-state index >= 15 is 0 Å². The van der Waals surface area contributed by atoms with Gasteiger partial charge in [-0.05, 0) is 12.0 Å². The smallest absolute Gasteiger partial charge is 0.253 e. The van der Waals surface area contributed by atoms with Crippen LogP contribution in [0.1, 0.15) is 12.0 Å². The normalized spacial score (nSPS) is 25.7. The number of methoxy groups -OCH3 is 1.